The molecular formula is C21H26N4O3S. The minimum atomic E-state index is -0.321. The Balaban J connectivity index is 1.46. The number of urea groups is 1. The van der Waals surface area contributed by atoms with Gasteiger partial charge in [-0.25, -0.2) is 4.79 Å². The first-order valence-corrected chi connectivity index (χ1v) is 10.6. The summed E-state index contributed by atoms with van der Waals surface area (Å²) in [4.78, 5) is 39.8. The number of carbonyl (C=O) groups is 3. The van der Waals surface area contributed by atoms with E-state index in [4.69, 9.17) is 0 Å². The molecule has 0 bridgehead atoms. The largest absolute Gasteiger partial charge is 0.352 e. The minimum Gasteiger partial charge on any atom is -0.352 e. The highest BCUT2D eigenvalue weighted by Gasteiger charge is 2.21. The summed E-state index contributed by atoms with van der Waals surface area (Å²) in [6, 6.07) is 8.48. The number of hydrogen-bond acceptors (Lipinski definition) is 4. The SMILES string of the molecule is CC(C)NC(=O)Nc1cccc(C(=O)NCCC(=O)N2CCc3sccc3C2)c1. The Morgan fingerprint density at radius 2 is 2.03 bits per heavy atom. The van der Waals surface area contributed by atoms with E-state index in [2.05, 4.69) is 27.4 Å². The first-order chi connectivity index (χ1) is 13.9. The highest BCUT2D eigenvalue weighted by molar-refractivity contribution is 7.10. The number of hydrogen-bond donors (Lipinski definition) is 3. The molecule has 2 heterocycles. The Morgan fingerprint density at radius 3 is 2.83 bits per heavy atom. The normalized spacial score (nSPS) is 13.0. The zero-order valence-corrected chi connectivity index (χ0v) is 17.5. The third kappa shape index (κ3) is 5.80. The van der Waals surface area contributed by atoms with Crippen molar-refractivity contribution in [3.63, 3.8) is 0 Å². The summed E-state index contributed by atoms with van der Waals surface area (Å²) >= 11 is 1.74. The number of nitrogens with zero attached hydrogens (tertiary/aromatic N) is 1. The quantitative estimate of drug-likeness (QED) is 0.679. The molecule has 29 heavy (non-hydrogen) atoms. The molecule has 0 aliphatic carbocycles. The lowest BCUT2D eigenvalue weighted by molar-refractivity contribution is -0.131. The van der Waals surface area contributed by atoms with Gasteiger partial charge in [0.05, 0.1) is 0 Å². The van der Waals surface area contributed by atoms with Crippen molar-refractivity contribution in [3.8, 4) is 0 Å². The molecule has 8 heteroatoms. The van der Waals surface area contributed by atoms with Crippen LogP contribution in [0.3, 0.4) is 0 Å². The van der Waals surface area contributed by atoms with Crippen LogP contribution in [0.5, 0.6) is 0 Å². The van der Waals surface area contributed by atoms with Crippen molar-refractivity contribution in [2.75, 3.05) is 18.4 Å². The molecule has 0 spiro atoms. The van der Waals surface area contributed by atoms with Crippen LogP contribution in [0.2, 0.25) is 0 Å². The van der Waals surface area contributed by atoms with Gasteiger partial charge in [-0.15, -0.1) is 11.3 Å². The third-order valence-corrected chi connectivity index (χ3v) is 5.61. The van der Waals surface area contributed by atoms with Gasteiger partial charge in [0, 0.05) is 48.2 Å². The molecule has 1 aliphatic rings. The number of amides is 4. The molecule has 3 rings (SSSR count). The van der Waals surface area contributed by atoms with Gasteiger partial charge in [0.15, 0.2) is 0 Å². The van der Waals surface area contributed by atoms with Gasteiger partial charge in [0.2, 0.25) is 5.91 Å². The van der Waals surface area contributed by atoms with E-state index in [9.17, 15) is 14.4 Å². The van der Waals surface area contributed by atoms with E-state index in [0.29, 0.717) is 17.8 Å². The second-order valence-corrected chi connectivity index (χ2v) is 8.27. The van der Waals surface area contributed by atoms with E-state index in [1.54, 1.807) is 35.6 Å². The molecule has 2 aromatic rings. The number of rotatable bonds is 6. The fourth-order valence-electron chi connectivity index (χ4n) is 3.17. The molecule has 0 atom stereocenters. The monoisotopic (exact) mass is 414 g/mol. The smallest absolute Gasteiger partial charge is 0.319 e. The molecular weight excluding hydrogens is 388 g/mol. The van der Waals surface area contributed by atoms with Crippen LogP contribution in [0.25, 0.3) is 0 Å². The van der Waals surface area contributed by atoms with Crippen molar-refractivity contribution in [2.24, 2.45) is 0 Å². The second-order valence-electron chi connectivity index (χ2n) is 7.27. The number of benzene rings is 1. The Bertz CT molecular complexity index is 894. The lowest BCUT2D eigenvalue weighted by Crippen LogP contribution is -2.37. The fourth-order valence-corrected chi connectivity index (χ4v) is 4.06. The summed E-state index contributed by atoms with van der Waals surface area (Å²) in [6.07, 6.45) is 1.16. The molecule has 4 amide bonds. The zero-order chi connectivity index (χ0) is 20.8. The first-order valence-electron chi connectivity index (χ1n) is 9.71. The van der Waals surface area contributed by atoms with Crippen molar-refractivity contribution in [1.82, 2.24) is 15.5 Å². The molecule has 1 aliphatic heterocycles. The maximum atomic E-state index is 12.4. The maximum absolute atomic E-state index is 12.4. The molecule has 7 nitrogen and oxygen atoms in total. The predicted molar refractivity (Wildman–Crippen MR) is 114 cm³/mol. The maximum Gasteiger partial charge on any atom is 0.319 e. The fraction of sp³-hybridized carbons (Fsp3) is 0.381. The molecule has 0 fully saturated rings. The Hall–Kier alpha value is -2.87. The highest BCUT2D eigenvalue weighted by Crippen LogP contribution is 2.24. The topological polar surface area (TPSA) is 90.5 Å². The van der Waals surface area contributed by atoms with Crippen molar-refractivity contribution in [2.45, 2.75) is 39.3 Å². The van der Waals surface area contributed by atoms with Crippen LogP contribution in [-0.2, 0) is 17.8 Å². The summed E-state index contributed by atoms with van der Waals surface area (Å²) < 4.78 is 0. The number of carbonyl (C=O) groups excluding carboxylic acids is 3. The summed E-state index contributed by atoms with van der Waals surface area (Å²) in [5, 5.41) is 10.3. The second kappa shape index (κ2) is 9.56. The molecule has 3 N–H and O–H groups in total. The molecule has 0 saturated heterocycles. The van der Waals surface area contributed by atoms with Gasteiger partial charge >= 0.3 is 6.03 Å². The summed E-state index contributed by atoms with van der Waals surface area (Å²) in [6.45, 7) is 5.39. The van der Waals surface area contributed by atoms with Crippen LogP contribution < -0.4 is 16.0 Å². The van der Waals surface area contributed by atoms with Gasteiger partial charge in [-0.1, -0.05) is 6.07 Å². The molecule has 0 unspecified atom stereocenters. The molecule has 1 aromatic heterocycles. The predicted octanol–water partition coefficient (Wildman–Crippen LogP) is 2.98. The molecule has 0 radical (unpaired) electrons. The summed E-state index contributed by atoms with van der Waals surface area (Å²) in [5.74, 6) is -0.229. The van der Waals surface area contributed by atoms with Crippen molar-refractivity contribution in [1.29, 1.82) is 0 Å². The highest BCUT2D eigenvalue weighted by atomic mass is 32.1. The van der Waals surface area contributed by atoms with E-state index in [-0.39, 0.29) is 36.9 Å². The minimum absolute atomic E-state index is 0.0187. The van der Waals surface area contributed by atoms with Gasteiger partial charge in [-0.2, -0.15) is 0 Å². The van der Waals surface area contributed by atoms with Crippen LogP contribution >= 0.6 is 11.3 Å². The Morgan fingerprint density at radius 1 is 1.21 bits per heavy atom. The number of fused-ring (bicyclic) bond motifs is 1. The van der Waals surface area contributed by atoms with Crippen LogP contribution in [0, 0.1) is 0 Å². The summed E-state index contributed by atoms with van der Waals surface area (Å²) in [7, 11) is 0. The van der Waals surface area contributed by atoms with Crippen molar-refractivity contribution in [3.05, 3.63) is 51.7 Å². The Labute approximate surface area is 174 Å². The molecule has 1 aromatic carbocycles. The van der Waals surface area contributed by atoms with Gasteiger partial charge in [-0.3, -0.25) is 9.59 Å². The molecule has 0 saturated carbocycles. The standard InChI is InChI=1S/C21H26N4O3S/c1-14(2)23-21(28)24-17-5-3-4-15(12-17)20(27)22-9-6-19(26)25-10-7-18-16(13-25)8-11-29-18/h3-5,8,11-12,14H,6-7,9-10,13H2,1-2H3,(H,22,27)(H2,23,24,28). The van der Waals surface area contributed by atoms with E-state index in [1.165, 1.54) is 10.4 Å². The van der Waals surface area contributed by atoms with E-state index in [1.807, 2.05) is 18.7 Å². The van der Waals surface area contributed by atoms with Crippen LogP contribution in [0.1, 0.15) is 41.1 Å². The number of thiophene rings is 1. The van der Waals surface area contributed by atoms with Crippen LogP contribution in [0.4, 0.5) is 10.5 Å². The van der Waals surface area contributed by atoms with E-state index in [0.717, 1.165) is 13.0 Å². The molecule has 154 valence electrons. The van der Waals surface area contributed by atoms with Crippen molar-refractivity contribution >= 4 is 34.9 Å². The van der Waals surface area contributed by atoms with E-state index < -0.39 is 0 Å². The lowest BCUT2D eigenvalue weighted by Gasteiger charge is -2.27. The van der Waals surface area contributed by atoms with Gasteiger partial charge < -0.3 is 20.9 Å². The van der Waals surface area contributed by atoms with Gasteiger partial charge in [0.25, 0.3) is 5.91 Å². The average Bonchev–Trinajstić information content (AvgIpc) is 3.15. The van der Waals surface area contributed by atoms with Gasteiger partial charge in [-0.05, 0) is 55.5 Å². The number of nitrogens with one attached hydrogen (secondary N) is 3. The number of anilines is 1. The lowest BCUT2D eigenvalue weighted by atomic mass is 10.1. The zero-order valence-electron chi connectivity index (χ0n) is 16.7. The third-order valence-electron chi connectivity index (χ3n) is 4.59. The van der Waals surface area contributed by atoms with Gasteiger partial charge in [0.1, 0.15) is 0 Å². The first kappa shape index (κ1) is 20.9. The van der Waals surface area contributed by atoms with Crippen LogP contribution in [-0.4, -0.2) is 41.9 Å². The van der Waals surface area contributed by atoms with Crippen molar-refractivity contribution < 1.29 is 14.4 Å². The van der Waals surface area contributed by atoms with E-state index >= 15 is 0 Å². The average molecular weight is 415 g/mol. The summed E-state index contributed by atoms with van der Waals surface area (Å²) in [5.41, 5.74) is 2.19. The van der Waals surface area contributed by atoms with Crippen LogP contribution in [0.15, 0.2) is 35.7 Å². The Kier molecular flexibility index (Phi) is 6.87.